The van der Waals surface area contributed by atoms with Crippen molar-refractivity contribution in [3.05, 3.63) is 33.8 Å². The summed E-state index contributed by atoms with van der Waals surface area (Å²) >= 11 is 12.0. The molecule has 1 aliphatic heterocycles. The van der Waals surface area contributed by atoms with Gasteiger partial charge in [-0.25, -0.2) is 9.59 Å². The molecule has 1 fully saturated rings. The van der Waals surface area contributed by atoms with E-state index in [-0.39, 0.29) is 11.1 Å². The third-order valence-corrected chi connectivity index (χ3v) is 4.27. The lowest BCUT2D eigenvalue weighted by Gasteiger charge is -2.23. The molecule has 3 N–H and O–H groups in total. The summed E-state index contributed by atoms with van der Waals surface area (Å²) in [6.45, 7) is 4.33. The second-order valence-electron chi connectivity index (χ2n) is 6.25. The van der Waals surface area contributed by atoms with Gasteiger partial charge in [0.1, 0.15) is 12.1 Å². The van der Waals surface area contributed by atoms with E-state index in [1.807, 2.05) is 0 Å². The number of benzene rings is 1. The molecule has 0 aromatic heterocycles. The molecular formula is C16H18Cl2N4O4. The molecule has 0 bridgehead atoms. The molecule has 0 unspecified atom stereocenters. The molecule has 0 saturated carbocycles. The minimum atomic E-state index is -1.45. The van der Waals surface area contributed by atoms with E-state index in [0.29, 0.717) is 10.6 Å². The van der Waals surface area contributed by atoms with Crippen LogP contribution in [0.3, 0.4) is 0 Å². The Hall–Kier alpha value is -2.32. The molecule has 1 heterocycles. The first-order valence-electron chi connectivity index (χ1n) is 7.74. The van der Waals surface area contributed by atoms with E-state index in [2.05, 4.69) is 16.0 Å². The number of carbonyl (C=O) groups excluding carboxylic acids is 4. The number of hydrogen-bond donors (Lipinski definition) is 3. The van der Waals surface area contributed by atoms with E-state index in [1.54, 1.807) is 19.9 Å². The Balaban J connectivity index is 2.15. The molecule has 10 heteroatoms. The van der Waals surface area contributed by atoms with Crippen LogP contribution in [0, 0.1) is 0 Å². The Labute approximate surface area is 160 Å². The molecule has 1 aromatic rings. The van der Waals surface area contributed by atoms with Crippen molar-refractivity contribution in [2.75, 3.05) is 6.54 Å². The fourth-order valence-corrected chi connectivity index (χ4v) is 3.12. The molecule has 1 aliphatic rings. The summed E-state index contributed by atoms with van der Waals surface area (Å²) in [4.78, 5) is 49.2. The second-order valence-corrected chi connectivity index (χ2v) is 7.09. The fourth-order valence-electron chi connectivity index (χ4n) is 2.53. The van der Waals surface area contributed by atoms with Crippen LogP contribution in [-0.4, -0.2) is 41.4 Å². The van der Waals surface area contributed by atoms with Crippen LogP contribution < -0.4 is 16.0 Å². The summed E-state index contributed by atoms with van der Waals surface area (Å²) in [5.41, 5.74) is -1.10. The number of urea groups is 2. The van der Waals surface area contributed by atoms with Crippen molar-refractivity contribution in [3.63, 3.8) is 0 Å². The number of imide groups is 2. The molecule has 0 aliphatic carbocycles. The standard InChI is InChI=1S/C16H18Cl2N4O4/c1-8(2)19-14(25)20-12(23)7-22-13(24)16(3,21-15(22)26)10-5-4-9(17)6-11(10)18/h4-6,8H,7H2,1-3H3,(H,21,26)(H2,19,20,23,25)/t16-/m0/s1. The number of hydrogen-bond acceptors (Lipinski definition) is 4. The topological polar surface area (TPSA) is 108 Å². The highest BCUT2D eigenvalue weighted by Gasteiger charge is 2.50. The first-order chi connectivity index (χ1) is 12.0. The minimum Gasteiger partial charge on any atom is -0.336 e. The van der Waals surface area contributed by atoms with Gasteiger partial charge in [-0.1, -0.05) is 29.3 Å². The molecule has 140 valence electrons. The molecule has 8 nitrogen and oxygen atoms in total. The lowest BCUT2D eigenvalue weighted by molar-refractivity contribution is -0.134. The summed E-state index contributed by atoms with van der Waals surface area (Å²) in [5.74, 6) is -1.45. The average molecular weight is 401 g/mol. The quantitative estimate of drug-likeness (QED) is 0.671. The predicted molar refractivity (Wildman–Crippen MR) is 95.9 cm³/mol. The zero-order chi connectivity index (χ0) is 19.6. The maximum Gasteiger partial charge on any atom is 0.325 e. The van der Waals surface area contributed by atoms with Crippen LogP contribution in [-0.2, 0) is 15.1 Å². The van der Waals surface area contributed by atoms with E-state index < -0.39 is 36.0 Å². The maximum atomic E-state index is 12.7. The molecule has 1 saturated heterocycles. The lowest BCUT2D eigenvalue weighted by atomic mass is 9.92. The Morgan fingerprint density at radius 2 is 1.92 bits per heavy atom. The summed E-state index contributed by atoms with van der Waals surface area (Å²) in [5, 5.41) is 7.64. The highest BCUT2D eigenvalue weighted by molar-refractivity contribution is 6.35. The first-order valence-corrected chi connectivity index (χ1v) is 8.50. The van der Waals surface area contributed by atoms with E-state index in [9.17, 15) is 19.2 Å². The zero-order valence-electron chi connectivity index (χ0n) is 14.4. The van der Waals surface area contributed by atoms with Crippen LogP contribution in [0.1, 0.15) is 26.3 Å². The van der Waals surface area contributed by atoms with Gasteiger partial charge in [0.2, 0.25) is 5.91 Å². The van der Waals surface area contributed by atoms with Gasteiger partial charge in [-0.2, -0.15) is 0 Å². The van der Waals surface area contributed by atoms with E-state index in [1.165, 1.54) is 19.1 Å². The molecular weight excluding hydrogens is 383 g/mol. The zero-order valence-corrected chi connectivity index (χ0v) is 15.9. The highest BCUT2D eigenvalue weighted by Crippen LogP contribution is 2.34. The predicted octanol–water partition coefficient (Wildman–Crippen LogP) is 1.99. The number of rotatable bonds is 4. The van der Waals surface area contributed by atoms with Crippen LogP contribution in [0.25, 0.3) is 0 Å². The highest BCUT2D eigenvalue weighted by atomic mass is 35.5. The van der Waals surface area contributed by atoms with Crippen molar-refractivity contribution in [3.8, 4) is 0 Å². The molecule has 1 atom stereocenters. The number of halogens is 2. The normalized spacial score (nSPS) is 19.5. The van der Waals surface area contributed by atoms with Gasteiger partial charge in [-0.3, -0.25) is 19.8 Å². The second kappa shape index (κ2) is 7.51. The molecule has 0 spiro atoms. The number of carbonyl (C=O) groups is 4. The van der Waals surface area contributed by atoms with Crippen molar-refractivity contribution in [2.24, 2.45) is 0 Å². The van der Waals surface area contributed by atoms with Gasteiger partial charge in [0.05, 0.1) is 0 Å². The molecule has 1 aromatic carbocycles. The largest absolute Gasteiger partial charge is 0.336 e. The monoisotopic (exact) mass is 400 g/mol. The van der Waals surface area contributed by atoms with Crippen LogP contribution >= 0.6 is 23.2 Å². The molecule has 2 rings (SSSR count). The van der Waals surface area contributed by atoms with Crippen molar-refractivity contribution in [1.29, 1.82) is 0 Å². The van der Waals surface area contributed by atoms with Gasteiger partial charge in [0.25, 0.3) is 5.91 Å². The van der Waals surface area contributed by atoms with Crippen molar-refractivity contribution < 1.29 is 19.2 Å². The van der Waals surface area contributed by atoms with Crippen LogP contribution in [0.2, 0.25) is 10.0 Å². The third-order valence-electron chi connectivity index (χ3n) is 3.72. The Morgan fingerprint density at radius 1 is 1.27 bits per heavy atom. The average Bonchev–Trinajstić information content (AvgIpc) is 2.70. The van der Waals surface area contributed by atoms with Crippen LogP contribution in [0.15, 0.2) is 18.2 Å². The van der Waals surface area contributed by atoms with Gasteiger partial charge >= 0.3 is 12.1 Å². The summed E-state index contributed by atoms with van der Waals surface area (Å²) in [7, 11) is 0. The maximum absolute atomic E-state index is 12.7. The van der Waals surface area contributed by atoms with Crippen LogP contribution in [0.4, 0.5) is 9.59 Å². The van der Waals surface area contributed by atoms with Crippen molar-refractivity contribution in [1.82, 2.24) is 20.9 Å². The van der Waals surface area contributed by atoms with Gasteiger partial charge in [0, 0.05) is 21.7 Å². The number of nitrogens with one attached hydrogen (secondary N) is 3. The van der Waals surface area contributed by atoms with E-state index in [4.69, 9.17) is 23.2 Å². The van der Waals surface area contributed by atoms with Crippen molar-refractivity contribution in [2.45, 2.75) is 32.4 Å². The summed E-state index contributed by atoms with van der Waals surface area (Å²) < 4.78 is 0. The SMILES string of the molecule is CC(C)NC(=O)NC(=O)CN1C(=O)N[C@@](C)(c2ccc(Cl)cc2Cl)C1=O. The lowest BCUT2D eigenvalue weighted by Crippen LogP contribution is -2.48. The Bertz CT molecular complexity index is 784. The van der Waals surface area contributed by atoms with Crippen molar-refractivity contribution >= 4 is 47.1 Å². The number of nitrogens with zero attached hydrogens (tertiary/aromatic N) is 1. The molecule has 26 heavy (non-hydrogen) atoms. The smallest absolute Gasteiger partial charge is 0.325 e. The van der Waals surface area contributed by atoms with E-state index >= 15 is 0 Å². The number of amides is 6. The molecule has 0 radical (unpaired) electrons. The third kappa shape index (κ3) is 4.08. The summed E-state index contributed by atoms with van der Waals surface area (Å²) in [6.07, 6.45) is 0. The van der Waals surface area contributed by atoms with Gasteiger partial charge in [-0.15, -0.1) is 0 Å². The first kappa shape index (κ1) is 20.0. The minimum absolute atomic E-state index is 0.171. The van der Waals surface area contributed by atoms with Crippen LogP contribution in [0.5, 0.6) is 0 Å². The fraction of sp³-hybridized carbons (Fsp3) is 0.375. The Morgan fingerprint density at radius 3 is 2.50 bits per heavy atom. The summed E-state index contributed by atoms with van der Waals surface area (Å²) in [6, 6.07) is 2.88. The van der Waals surface area contributed by atoms with Gasteiger partial charge in [0.15, 0.2) is 0 Å². The van der Waals surface area contributed by atoms with Gasteiger partial charge in [-0.05, 0) is 32.9 Å². The van der Waals surface area contributed by atoms with Gasteiger partial charge < -0.3 is 10.6 Å². The van der Waals surface area contributed by atoms with E-state index in [0.717, 1.165) is 4.90 Å². The Kier molecular flexibility index (Phi) is 5.77. The molecule has 6 amide bonds.